The van der Waals surface area contributed by atoms with Crippen LogP contribution in [0, 0.1) is 0 Å². The number of hydrogen-bond acceptors (Lipinski definition) is 1. The van der Waals surface area contributed by atoms with Gasteiger partial charge in [-0.2, -0.15) is 0 Å². The van der Waals surface area contributed by atoms with E-state index < -0.39 is 0 Å². The maximum absolute atomic E-state index is 6.30. The Morgan fingerprint density at radius 1 is 1.29 bits per heavy atom. The molecule has 0 aromatic heterocycles. The first kappa shape index (κ1) is 12.9. The van der Waals surface area contributed by atoms with Gasteiger partial charge >= 0.3 is 0 Å². The standard InChI is InChI=1S/C15H22ClN/c1-4-11(3)17-7-6-13-8-12(5-2)15(16)9-14(13)10-17/h8-9,11H,4-7,10H2,1-3H3. The predicted octanol–water partition coefficient (Wildman–Crippen LogP) is 4.06. The Labute approximate surface area is 110 Å². The van der Waals surface area contributed by atoms with Crippen LogP contribution in [-0.4, -0.2) is 17.5 Å². The minimum atomic E-state index is 0.674. The molecule has 1 aliphatic heterocycles. The summed E-state index contributed by atoms with van der Waals surface area (Å²) in [5.74, 6) is 0. The zero-order valence-electron chi connectivity index (χ0n) is 11.1. The molecule has 0 amide bonds. The lowest BCUT2D eigenvalue weighted by Gasteiger charge is -2.33. The number of hydrogen-bond donors (Lipinski definition) is 0. The van der Waals surface area contributed by atoms with Crippen LogP contribution in [0.1, 0.15) is 43.9 Å². The summed E-state index contributed by atoms with van der Waals surface area (Å²) in [7, 11) is 0. The van der Waals surface area contributed by atoms with E-state index in [1.807, 2.05) is 0 Å². The highest BCUT2D eigenvalue weighted by molar-refractivity contribution is 6.31. The Bertz CT molecular complexity index is 400. The molecule has 1 unspecified atom stereocenters. The summed E-state index contributed by atoms with van der Waals surface area (Å²) in [6.45, 7) is 8.99. The molecule has 0 bridgehead atoms. The van der Waals surface area contributed by atoms with Crippen LogP contribution in [0.25, 0.3) is 0 Å². The normalized spacial score (nSPS) is 17.9. The van der Waals surface area contributed by atoms with Crippen LogP contribution < -0.4 is 0 Å². The maximum Gasteiger partial charge on any atom is 0.0441 e. The van der Waals surface area contributed by atoms with E-state index in [1.54, 1.807) is 0 Å². The topological polar surface area (TPSA) is 3.24 Å². The molecule has 0 N–H and O–H groups in total. The van der Waals surface area contributed by atoms with Crippen LogP contribution in [0.5, 0.6) is 0 Å². The van der Waals surface area contributed by atoms with Crippen molar-refractivity contribution >= 4 is 11.6 Å². The van der Waals surface area contributed by atoms with Crippen LogP contribution in [0.3, 0.4) is 0 Å². The summed E-state index contributed by atoms with van der Waals surface area (Å²) in [6.07, 6.45) is 3.42. The summed E-state index contributed by atoms with van der Waals surface area (Å²) in [6, 6.07) is 5.17. The van der Waals surface area contributed by atoms with Crippen molar-refractivity contribution in [2.45, 2.75) is 52.6 Å². The molecule has 1 heterocycles. The van der Waals surface area contributed by atoms with E-state index in [-0.39, 0.29) is 0 Å². The van der Waals surface area contributed by atoms with E-state index in [2.05, 4.69) is 37.8 Å². The van der Waals surface area contributed by atoms with E-state index in [9.17, 15) is 0 Å². The molecule has 1 nitrogen and oxygen atoms in total. The number of rotatable bonds is 3. The Morgan fingerprint density at radius 3 is 2.71 bits per heavy atom. The Morgan fingerprint density at radius 2 is 2.06 bits per heavy atom. The molecule has 1 aromatic rings. The van der Waals surface area contributed by atoms with Crippen molar-refractivity contribution in [3.8, 4) is 0 Å². The minimum Gasteiger partial charge on any atom is -0.296 e. The molecule has 2 heteroatoms. The molecule has 0 spiro atoms. The highest BCUT2D eigenvalue weighted by Gasteiger charge is 2.20. The van der Waals surface area contributed by atoms with Crippen LogP contribution in [0.2, 0.25) is 5.02 Å². The van der Waals surface area contributed by atoms with Gasteiger partial charge < -0.3 is 0 Å². The third-order valence-corrected chi connectivity index (χ3v) is 4.36. The Balaban J connectivity index is 2.24. The molecule has 0 fully saturated rings. The van der Waals surface area contributed by atoms with Crippen molar-refractivity contribution < 1.29 is 0 Å². The van der Waals surface area contributed by atoms with E-state index >= 15 is 0 Å². The average Bonchev–Trinajstić information content (AvgIpc) is 2.36. The lowest BCUT2D eigenvalue weighted by molar-refractivity contribution is 0.186. The summed E-state index contributed by atoms with van der Waals surface area (Å²) < 4.78 is 0. The van der Waals surface area contributed by atoms with Gasteiger partial charge in [-0.25, -0.2) is 0 Å². The van der Waals surface area contributed by atoms with Gasteiger partial charge in [-0.1, -0.05) is 31.5 Å². The molecule has 1 aliphatic rings. The first-order valence-electron chi connectivity index (χ1n) is 6.69. The number of halogens is 1. The first-order valence-corrected chi connectivity index (χ1v) is 7.07. The number of fused-ring (bicyclic) bond motifs is 1. The van der Waals surface area contributed by atoms with Gasteiger partial charge in [0.25, 0.3) is 0 Å². The average molecular weight is 252 g/mol. The SMILES string of the molecule is CCc1cc2c(cc1Cl)CN(C(C)CC)CC2. The van der Waals surface area contributed by atoms with Crippen molar-refractivity contribution in [3.63, 3.8) is 0 Å². The fourth-order valence-corrected chi connectivity index (χ4v) is 2.88. The predicted molar refractivity (Wildman–Crippen MR) is 74.7 cm³/mol. The molecule has 94 valence electrons. The molecule has 1 aromatic carbocycles. The number of nitrogens with zero attached hydrogens (tertiary/aromatic N) is 1. The first-order chi connectivity index (χ1) is 8.15. The quantitative estimate of drug-likeness (QED) is 0.783. The summed E-state index contributed by atoms with van der Waals surface area (Å²) >= 11 is 6.30. The second-order valence-electron chi connectivity index (χ2n) is 5.04. The summed E-state index contributed by atoms with van der Waals surface area (Å²) in [5.41, 5.74) is 4.23. The number of aryl methyl sites for hydroxylation is 1. The highest BCUT2D eigenvalue weighted by Crippen LogP contribution is 2.27. The van der Waals surface area contributed by atoms with Gasteiger partial charge in [-0.15, -0.1) is 0 Å². The minimum absolute atomic E-state index is 0.674. The van der Waals surface area contributed by atoms with Gasteiger partial charge in [0.2, 0.25) is 0 Å². The maximum atomic E-state index is 6.30. The molecule has 0 saturated carbocycles. The lowest BCUT2D eigenvalue weighted by atomic mass is 9.95. The van der Waals surface area contributed by atoms with Gasteiger partial charge in [0.15, 0.2) is 0 Å². The second kappa shape index (κ2) is 5.41. The van der Waals surface area contributed by atoms with Gasteiger partial charge in [-0.05, 0) is 48.9 Å². The van der Waals surface area contributed by atoms with Crippen molar-refractivity contribution in [3.05, 3.63) is 33.8 Å². The zero-order valence-corrected chi connectivity index (χ0v) is 11.8. The summed E-state index contributed by atoms with van der Waals surface area (Å²) in [5, 5.41) is 0.942. The largest absolute Gasteiger partial charge is 0.296 e. The monoisotopic (exact) mass is 251 g/mol. The molecular formula is C15H22ClN. The fourth-order valence-electron chi connectivity index (χ4n) is 2.56. The second-order valence-corrected chi connectivity index (χ2v) is 5.45. The van der Waals surface area contributed by atoms with E-state index in [1.165, 1.54) is 36.1 Å². The molecule has 2 rings (SSSR count). The van der Waals surface area contributed by atoms with Gasteiger partial charge in [0.05, 0.1) is 0 Å². The van der Waals surface area contributed by atoms with Crippen LogP contribution in [0.4, 0.5) is 0 Å². The van der Waals surface area contributed by atoms with Gasteiger partial charge in [-0.3, -0.25) is 4.90 Å². The van der Waals surface area contributed by atoms with Crippen LogP contribution in [0.15, 0.2) is 12.1 Å². The molecule has 0 radical (unpaired) electrons. The van der Waals surface area contributed by atoms with Crippen molar-refractivity contribution in [1.29, 1.82) is 0 Å². The third kappa shape index (κ3) is 2.66. The fraction of sp³-hybridized carbons (Fsp3) is 0.600. The lowest BCUT2D eigenvalue weighted by Crippen LogP contribution is -2.37. The summed E-state index contributed by atoms with van der Waals surface area (Å²) in [4.78, 5) is 2.56. The van der Waals surface area contributed by atoms with Gasteiger partial charge in [0, 0.05) is 24.2 Å². The molecule has 0 aliphatic carbocycles. The van der Waals surface area contributed by atoms with Crippen LogP contribution in [-0.2, 0) is 19.4 Å². The smallest absolute Gasteiger partial charge is 0.0441 e. The molecule has 0 saturated heterocycles. The molecular weight excluding hydrogens is 230 g/mol. The number of benzene rings is 1. The third-order valence-electron chi connectivity index (χ3n) is 4.01. The van der Waals surface area contributed by atoms with E-state index in [0.717, 1.165) is 18.0 Å². The van der Waals surface area contributed by atoms with Gasteiger partial charge in [0.1, 0.15) is 0 Å². The zero-order chi connectivity index (χ0) is 12.4. The Kier molecular flexibility index (Phi) is 4.11. The van der Waals surface area contributed by atoms with E-state index in [0.29, 0.717) is 6.04 Å². The van der Waals surface area contributed by atoms with Crippen molar-refractivity contribution in [1.82, 2.24) is 4.90 Å². The molecule has 17 heavy (non-hydrogen) atoms. The van der Waals surface area contributed by atoms with Crippen molar-refractivity contribution in [2.75, 3.05) is 6.54 Å². The van der Waals surface area contributed by atoms with Crippen LogP contribution >= 0.6 is 11.6 Å². The molecule has 1 atom stereocenters. The van der Waals surface area contributed by atoms with E-state index in [4.69, 9.17) is 11.6 Å². The Hall–Kier alpha value is -0.530. The highest BCUT2D eigenvalue weighted by atomic mass is 35.5. The van der Waals surface area contributed by atoms with Crippen molar-refractivity contribution in [2.24, 2.45) is 0 Å².